The van der Waals surface area contributed by atoms with E-state index in [2.05, 4.69) is 52.4 Å². The molecule has 0 unspecified atom stereocenters. The summed E-state index contributed by atoms with van der Waals surface area (Å²) < 4.78 is 0. The van der Waals surface area contributed by atoms with Crippen LogP contribution in [0.2, 0.25) is 0 Å². The number of hydrogen-bond donors (Lipinski definition) is 0. The summed E-state index contributed by atoms with van der Waals surface area (Å²) in [4.78, 5) is 17.1. The molecule has 168 valence electrons. The van der Waals surface area contributed by atoms with Gasteiger partial charge in [0.05, 0.1) is 18.1 Å². The molecule has 0 saturated carbocycles. The summed E-state index contributed by atoms with van der Waals surface area (Å²) in [5, 5.41) is 20.4. The molecular weight excluding hydrogens is 422 g/mol. The van der Waals surface area contributed by atoms with Crippen LogP contribution in [0.4, 0.5) is 5.82 Å². The lowest BCUT2D eigenvalue weighted by atomic mass is 10.0. The van der Waals surface area contributed by atoms with E-state index in [9.17, 15) is 4.79 Å². The number of benzene rings is 3. The molecular formula is C28H25N5O. The van der Waals surface area contributed by atoms with Gasteiger partial charge in [-0.3, -0.25) is 4.79 Å². The van der Waals surface area contributed by atoms with Crippen molar-refractivity contribution in [3.63, 3.8) is 0 Å². The average Bonchev–Trinajstić information content (AvgIpc) is 2.89. The van der Waals surface area contributed by atoms with Crippen molar-refractivity contribution in [2.45, 2.75) is 19.4 Å². The molecule has 1 aliphatic rings. The molecule has 1 aliphatic heterocycles. The first-order valence-corrected chi connectivity index (χ1v) is 11.5. The molecule has 1 amide bonds. The van der Waals surface area contributed by atoms with Gasteiger partial charge in [0.2, 0.25) is 5.91 Å². The minimum atomic E-state index is 0.103. The first-order valence-electron chi connectivity index (χ1n) is 11.5. The lowest BCUT2D eigenvalue weighted by Gasteiger charge is -2.40. The standard InChI is InChI=1S/C28H25N5O/c1-20-19-32(26(34)17-21-11-13-22(18-29)14-12-21)15-16-33(20)28-25-10-6-5-9-24(25)27(30-31-28)23-7-3-2-4-8-23/h2-14,20H,15-17,19H2,1H3/t20-/m0/s1. The normalized spacial score (nSPS) is 15.8. The molecule has 0 aliphatic carbocycles. The number of hydrogen-bond acceptors (Lipinski definition) is 5. The highest BCUT2D eigenvalue weighted by molar-refractivity contribution is 6.00. The number of nitriles is 1. The van der Waals surface area contributed by atoms with Gasteiger partial charge in [-0.25, -0.2) is 0 Å². The predicted molar refractivity (Wildman–Crippen MR) is 133 cm³/mol. The largest absolute Gasteiger partial charge is 0.348 e. The zero-order valence-corrected chi connectivity index (χ0v) is 19.1. The van der Waals surface area contributed by atoms with E-state index in [1.165, 1.54) is 0 Å². The van der Waals surface area contributed by atoms with Gasteiger partial charge in [-0.05, 0) is 24.6 Å². The topological polar surface area (TPSA) is 73.1 Å². The molecule has 1 atom stereocenters. The second-order valence-corrected chi connectivity index (χ2v) is 8.65. The number of anilines is 1. The van der Waals surface area contributed by atoms with Crippen molar-refractivity contribution < 1.29 is 4.79 Å². The van der Waals surface area contributed by atoms with Crippen molar-refractivity contribution in [2.24, 2.45) is 0 Å². The molecule has 6 heteroatoms. The van der Waals surface area contributed by atoms with E-state index >= 15 is 0 Å². The number of amides is 1. The Morgan fingerprint density at radius 2 is 1.65 bits per heavy atom. The fraction of sp³-hybridized carbons (Fsp3) is 0.214. The highest BCUT2D eigenvalue weighted by Crippen LogP contribution is 2.32. The Morgan fingerprint density at radius 1 is 0.941 bits per heavy atom. The van der Waals surface area contributed by atoms with Gasteiger partial charge in [0, 0.05) is 42.0 Å². The smallest absolute Gasteiger partial charge is 0.227 e. The van der Waals surface area contributed by atoms with Crippen molar-refractivity contribution in [3.05, 3.63) is 90.0 Å². The van der Waals surface area contributed by atoms with Gasteiger partial charge >= 0.3 is 0 Å². The maximum Gasteiger partial charge on any atom is 0.227 e. The molecule has 5 rings (SSSR count). The molecule has 1 aromatic heterocycles. The Kier molecular flexibility index (Phi) is 5.92. The van der Waals surface area contributed by atoms with Crippen LogP contribution in [-0.2, 0) is 11.2 Å². The van der Waals surface area contributed by atoms with Crippen LogP contribution in [0.5, 0.6) is 0 Å². The van der Waals surface area contributed by atoms with Crippen molar-refractivity contribution in [3.8, 4) is 17.3 Å². The fourth-order valence-electron chi connectivity index (χ4n) is 4.59. The molecule has 0 bridgehead atoms. The number of piperazine rings is 1. The molecule has 0 N–H and O–H groups in total. The van der Waals surface area contributed by atoms with Gasteiger partial charge < -0.3 is 9.80 Å². The summed E-state index contributed by atoms with van der Waals surface area (Å²) in [6.07, 6.45) is 0.340. The maximum atomic E-state index is 12.9. The highest BCUT2D eigenvalue weighted by Gasteiger charge is 2.29. The third-order valence-corrected chi connectivity index (χ3v) is 6.41. The average molecular weight is 448 g/mol. The van der Waals surface area contributed by atoms with Crippen LogP contribution in [0.15, 0.2) is 78.9 Å². The monoisotopic (exact) mass is 447 g/mol. The van der Waals surface area contributed by atoms with Crippen LogP contribution in [-0.4, -0.2) is 46.7 Å². The first kappa shape index (κ1) is 21.6. The summed E-state index contributed by atoms with van der Waals surface area (Å²) in [5.41, 5.74) is 3.45. The summed E-state index contributed by atoms with van der Waals surface area (Å²) in [6.45, 7) is 4.09. The van der Waals surface area contributed by atoms with Crippen LogP contribution in [0.25, 0.3) is 22.0 Å². The van der Waals surface area contributed by atoms with Crippen molar-refractivity contribution >= 4 is 22.5 Å². The van der Waals surface area contributed by atoms with Crippen LogP contribution < -0.4 is 4.90 Å². The van der Waals surface area contributed by atoms with Gasteiger partial charge in [-0.15, -0.1) is 10.2 Å². The van der Waals surface area contributed by atoms with E-state index < -0.39 is 0 Å². The lowest BCUT2D eigenvalue weighted by Crippen LogP contribution is -2.54. The Labute approximate surface area is 199 Å². The van der Waals surface area contributed by atoms with E-state index in [0.29, 0.717) is 31.6 Å². The van der Waals surface area contributed by atoms with Gasteiger partial charge in [0.15, 0.2) is 5.82 Å². The minimum Gasteiger partial charge on any atom is -0.348 e. The summed E-state index contributed by atoms with van der Waals surface area (Å²) in [5.74, 6) is 0.966. The number of carbonyl (C=O) groups is 1. The van der Waals surface area contributed by atoms with Gasteiger partial charge in [0.1, 0.15) is 5.69 Å². The second kappa shape index (κ2) is 9.32. The Bertz CT molecular complexity index is 1360. The predicted octanol–water partition coefficient (Wildman–Crippen LogP) is 4.45. The van der Waals surface area contributed by atoms with E-state index in [0.717, 1.165) is 33.4 Å². The summed E-state index contributed by atoms with van der Waals surface area (Å²) in [7, 11) is 0. The Morgan fingerprint density at radius 3 is 2.35 bits per heavy atom. The number of aromatic nitrogens is 2. The molecule has 1 saturated heterocycles. The zero-order chi connectivity index (χ0) is 23.5. The van der Waals surface area contributed by atoms with E-state index in [1.54, 1.807) is 12.1 Å². The lowest BCUT2D eigenvalue weighted by molar-refractivity contribution is -0.131. The molecule has 34 heavy (non-hydrogen) atoms. The Balaban J connectivity index is 1.35. The van der Waals surface area contributed by atoms with Crippen LogP contribution >= 0.6 is 0 Å². The van der Waals surface area contributed by atoms with Gasteiger partial charge in [0.25, 0.3) is 0 Å². The third-order valence-electron chi connectivity index (χ3n) is 6.41. The van der Waals surface area contributed by atoms with E-state index in [1.807, 2.05) is 47.4 Å². The molecule has 3 aromatic carbocycles. The minimum absolute atomic E-state index is 0.103. The van der Waals surface area contributed by atoms with Crippen molar-refractivity contribution in [1.29, 1.82) is 5.26 Å². The maximum absolute atomic E-state index is 12.9. The number of nitrogens with zero attached hydrogens (tertiary/aromatic N) is 5. The second-order valence-electron chi connectivity index (χ2n) is 8.65. The SMILES string of the molecule is C[C@H]1CN(C(=O)Cc2ccc(C#N)cc2)CCN1c1nnc(-c2ccccc2)c2ccccc12. The van der Waals surface area contributed by atoms with Crippen molar-refractivity contribution in [1.82, 2.24) is 15.1 Å². The summed E-state index contributed by atoms with van der Waals surface area (Å²) in [6, 6.07) is 27.8. The van der Waals surface area contributed by atoms with Crippen LogP contribution in [0, 0.1) is 11.3 Å². The zero-order valence-electron chi connectivity index (χ0n) is 19.1. The van der Waals surface area contributed by atoms with Crippen LogP contribution in [0.3, 0.4) is 0 Å². The molecule has 6 nitrogen and oxygen atoms in total. The molecule has 2 heterocycles. The Hall–Kier alpha value is -4.24. The summed E-state index contributed by atoms with van der Waals surface area (Å²) >= 11 is 0. The van der Waals surface area contributed by atoms with Crippen LogP contribution in [0.1, 0.15) is 18.1 Å². The third kappa shape index (κ3) is 4.20. The molecule has 4 aromatic rings. The van der Waals surface area contributed by atoms with Crippen molar-refractivity contribution in [2.75, 3.05) is 24.5 Å². The van der Waals surface area contributed by atoms with E-state index in [4.69, 9.17) is 5.26 Å². The number of carbonyl (C=O) groups excluding carboxylic acids is 1. The first-order chi connectivity index (χ1) is 16.6. The quantitative estimate of drug-likeness (QED) is 0.462. The van der Waals surface area contributed by atoms with Gasteiger partial charge in [-0.1, -0.05) is 66.7 Å². The molecule has 0 radical (unpaired) electrons. The number of rotatable bonds is 4. The number of fused-ring (bicyclic) bond motifs is 1. The molecule has 0 spiro atoms. The highest BCUT2D eigenvalue weighted by atomic mass is 16.2. The molecule has 1 fully saturated rings. The fourth-order valence-corrected chi connectivity index (χ4v) is 4.59. The van der Waals surface area contributed by atoms with Gasteiger partial charge in [-0.2, -0.15) is 5.26 Å². The van der Waals surface area contributed by atoms with E-state index in [-0.39, 0.29) is 11.9 Å².